The first kappa shape index (κ1) is 15.5. The molecule has 0 aliphatic rings. The monoisotopic (exact) mass is 295 g/mol. The standard InChI is InChI=1S/C10H11F2NO5S/c1-18-10(15)8(5-14)13-19(16,17)9-4-6(11)2-3-7(9)12/h2-4,8,13-14H,5H2,1H3. The first-order chi connectivity index (χ1) is 8.81. The number of methoxy groups -OCH3 is 1. The van der Waals surface area contributed by atoms with Crippen LogP contribution in [0.5, 0.6) is 0 Å². The predicted octanol–water partition coefficient (Wildman–Crippen LogP) is -0.223. The van der Waals surface area contributed by atoms with Crippen molar-refractivity contribution >= 4 is 16.0 Å². The summed E-state index contributed by atoms with van der Waals surface area (Å²) in [6.45, 7) is -0.886. The molecule has 6 nitrogen and oxygen atoms in total. The van der Waals surface area contributed by atoms with Crippen LogP contribution in [-0.4, -0.2) is 39.3 Å². The molecule has 2 N–H and O–H groups in total. The number of hydrogen-bond acceptors (Lipinski definition) is 5. The van der Waals surface area contributed by atoms with Gasteiger partial charge < -0.3 is 9.84 Å². The fraction of sp³-hybridized carbons (Fsp3) is 0.300. The Hall–Kier alpha value is -1.58. The van der Waals surface area contributed by atoms with Crippen molar-refractivity contribution < 1.29 is 31.8 Å². The average Bonchev–Trinajstić information content (AvgIpc) is 2.37. The van der Waals surface area contributed by atoms with Crippen LogP contribution in [0.1, 0.15) is 0 Å². The van der Waals surface area contributed by atoms with Gasteiger partial charge in [0.05, 0.1) is 13.7 Å². The van der Waals surface area contributed by atoms with Gasteiger partial charge in [-0.05, 0) is 18.2 Å². The van der Waals surface area contributed by atoms with Crippen molar-refractivity contribution in [3.05, 3.63) is 29.8 Å². The van der Waals surface area contributed by atoms with Crippen molar-refractivity contribution in [3.63, 3.8) is 0 Å². The molecule has 19 heavy (non-hydrogen) atoms. The van der Waals surface area contributed by atoms with Gasteiger partial charge in [-0.1, -0.05) is 0 Å². The third kappa shape index (κ3) is 3.69. The Labute approximate surface area is 108 Å². The van der Waals surface area contributed by atoms with Crippen molar-refractivity contribution in [3.8, 4) is 0 Å². The maximum Gasteiger partial charge on any atom is 0.326 e. The van der Waals surface area contributed by atoms with E-state index in [1.807, 2.05) is 0 Å². The highest BCUT2D eigenvalue weighted by Crippen LogP contribution is 2.16. The summed E-state index contributed by atoms with van der Waals surface area (Å²) in [4.78, 5) is 10.2. The molecule has 0 aliphatic heterocycles. The van der Waals surface area contributed by atoms with Crippen molar-refractivity contribution in [2.75, 3.05) is 13.7 Å². The van der Waals surface area contributed by atoms with E-state index in [1.54, 1.807) is 4.72 Å². The lowest BCUT2D eigenvalue weighted by molar-refractivity contribution is -0.143. The molecule has 0 aromatic heterocycles. The Balaban J connectivity index is 3.10. The van der Waals surface area contributed by atoms with Gasteiger partial charge in [0.15, 0.2) is 0 Å². The van der Waals surface area contributed by atoms with E-state index in [2.05, 4.69) is 4.74 Å². The zero-order chi connectivity index (χ0) is 14.6. The average molecular weight is 295 g/mol. The lowest BCUT2D eigenvalue weighted by atomic mass is 10.3. The van der Waals surface area contributed by atoms with Gasteiger partial charge in [-0.3, -0.25) is 4.79 Å². The molecule has 0 amide bonds. The highest BCUT2D eigenvalue weighted by atomic mass is 32.2. The lowest BCUT2D eigenvalue weighted by Crippen LogP contribution is -2.44. The number of esters is 1. The number of nitrogens with one attached hydrogen (secondary N) is 1. The molecule has 0 bridgehead atoms. The van der Waals surface area contributed by atoms with Gasteiger partial charge in [-0.2, -0.15) is 4.72 Å². The SMILES string of the molecule is COC(=O)C(CO)NS(=O)(=O)c1cc(F)ccc1F. The summed E-state index contributed by atoms with van der Waals surface area (Å²) in [5, 5.41) is 8.87. The van der Waals surface area contributed by atoms with Crippen molar-refractivity contribution in [2.24, 2.45) is 0 Å². The summed E-state index contributed by atoms with van der Waals surface area (Å²) in [5.74, 6) is -3.20. The van der Waals surface area contributed by atoms with Gasteiger partial charge in [0, 0.05) is 0 Å². The van der Waals surface area contributed by atoms with E-state index in [0.29, 0.717) is 12.1 Å². The normalized spacial score (nSPS) is 13.1. The van der Waals surface area contributed by atoms with E-state index in [-0.39, 0.29) is 0 Å². The summed E-state index contributed by atoms with van der Waals surface area (Å²) < 4.78 is 55.7. The number of sulfonamides is 1. The van der Waals surface area contributed by atoms with Crippen molar-refractivity contribution in [2.45, 2.75) is 10.9 Å². The molecular weight excluding hydrogens is 284 g/mol. The number of carbonyl (C=O) groups is 1. The van der Waals surface area contributed by atoms with E-state index >= 15 is 0 Å². The molecule has 1 rings (SSSR count). The molecule has 0 radical (unpaired) electrons. The van der Waals surface area contributed by atoms with Crippen molar-refractivity contribution in [1.29, 1.82) is 0 Å². The number of aliphatic hydroxyl groups excluding tert-OH is 1. The second-order valence-corrected chi connectivity index (χ2v) is 5.14. The second-order valence-electron chi connectivity index (χ2n) is 3.45. The Morgan fingerprint density at radius 2 is 2.11 bits per heavy atom. The molecule has 0 spiro atoms. The molecule has 0 saturated heterocycles. The largest absolute Gasteiger partial charge is 0.468 e. The molecule has 1 aromatic rings. The number of hydrogen-bond donors (Lipinski definition) is 2. The second kappa shape index (κ2) is 6.04. The van der Waals surface area contributed by atoms with Gasteiger partial charge in [-0.15, -0.1) is 0 Å². The van der Waals surface area contributed by atoms with Gasteiger partial charge in [0.25, 0.3) is 0 Å². The number of ether oxygens (including phenoxy) is 1. The number of aliphatic hydroxyl groups is 1. The number of rotatable bonds is 5. The summed E-state index contributed by atoms with van der Waals surface area (Å²) >= 11 is 0. The highest BCUT2D eigenvalue weighted by Gasteiger charge is 2.28. The lowest BCUT2D eigenvalue weighted by Gasteiger charge is -2.14. The molecule has 0 saturated carbocycles. The van der Waals surface area contributed by atoms with Crippen LogP contribution in [0.4, 0.5) is 8.78 Å². The molecule has 1 aromatic carbocycles. The quantitative estimate of drug-likeness (QED) is 0.732. The zero-order valence-corrected chi connectivity index (χ0v) is 10.6. The third-order valence-electron chi connectivity index (χ3n) is 2.15. The smallest absolute Gasteiger partial charge is 0.326 e. The molecule has 1 atom stereocenters. The van der Waals surface area contributed by atoms with Gasteiger partial charge in [0.1, 0.15) is 22.6 Å². The summed E-state index contributed by atoms with van der Waals surface area (Å²) in [6, 6.07) is 0.245. The summed E-state index contributed by atoms with van der Waals surface area (Å²) in [5.41, 5.74) is 0. The number of carbonyl (C=O) groups excluding carboxylic acids is 1. The molecule has 1 unspecified atom stereocenters. The molecule has 106 valence electrons. The minimum absolute atomic E-state index is 0.462. The van der Waals surface area contributed by atoms with Crippen LogP contribution in [-0.2, 0) is 19.6 Å². The molecular formula is C10H11F2NO5S. The zero-order valence-electron chi connectivity index (χ0n) is 9.76. The number of halogens is 2. The van der Waals surface area contributed by atoms with Crippen LogP contribution in [0, 0.1) is 11.6 Å². The molecule has 0 heterocycles. The number of benzene rings is 1. The minimum atomic E-state index is -4.51. The molecule has 0 fully saturated rings. The van der Waals surface area contributed by atoms with Crippen LogP contribution in [0.15, 0.2) is 23.1 Å². The Bertz CT molecular complexity index is 575. The van der Waals surface area contributed by atoms with Crippen LogP contribution in [0.2, 0.25) is 0 Å². The van der Waals surface area contributed by atoms with E-state index in [9.17, 15) is 22.0 Å². The highest BCUT2D eigenvalue weighted by molar-refractivity contribution is 7.89. The van der Waals surface area contributed by atoms with Crippen LogP contribution in [0.3, 0.4) is 0 Å². The van der Waals surface area contributed by atoms with Crippen LogP contribution >= 0.6 is 0 Å². The summed E-state index contributed by atoms with van der Waals surface area (Å²) in [6.07, 6.45) is 0. The van der Waals surface area contributed by atoms with E-state index in [4.69, 9.17) is 5.11 Å². The van der Waals surface area contributed by atoms with Gasteiger partial charge in [0.2, 0.25) is 10.0 Å². The van der Waals surface area contributed by atoms with Crippen LogP contribution < -0.4 is 4.72 Å². The van der Waals surface area contributed by atoms with E-state index < -0.39 is 45.2 Å². The maximum atomic E-state index is 13.3. The molecule has 9 heteroatoms. The third-order valence-corrected chi connectivity index (χ3v) is 3.64. The fourth-order valence-corrected chi connectivity index (χ4v) is 2.50. The molecule has 0 aliphatic carbocycles. The Morgan fingerprint density at radius 3 is 2.63 bits per heavy atom. The van der Waals surface area contributed by atoms with Gasteiger partial charge in [-0.25, -0.2) is 17.2 Å². The van der Waals surface area contributed by atoms with E-state index in [0.717, 1.165) is 13.2 Å². The maximum absolute atomic E-state index is 13.3. The predicted molar refractivity (Wildman–Crippen MR) is 59.6 cm³/mol. The summed E-state index contributed by atoms with van der Waals surface area (Å²) in [7, 11) is -3.52. The Kier molecular flexibility index (Phi) is 4.92. The first-order valence-electron chi connectivity index (χ1n) is 4.98. The topological polar surface area (TPSA) is 92.7 Å². The van der Waals surface area contributed by atoms with Crippen LogP contribution in [0.25, 0.3) is 0 Å². The van der Waals surface area contributed by atoms with Crippen molar-refractivity contribution in [1.82, 2.24) is 4.72 Å². The van der Waals surface area contributed by atoms with Gasteiger partial charge >= 0.3 is 5.97 Å². The Morgan fingerprint density at radius 1 is 1.47 bits per heavy atom. The first-order valence-corrected chi connectivity index (χ1v) is 6.46. The van der Waals surface area contributed by atoms with E-state index in [1.165, 1.54) is 0 Å². The minimum Gasteiger partial charge on any atom is -0.468 e. The fourth-order valence-electron chi connectivity index (χ4n) is 1.24.